The summed E-state index contributed by atoms with van der Waals surface area (Å²) < 4.78 is 0. The van der Waals surface area contributed by atoms with Crippen LogP contribution in [0.15, 0.2) is 48.5 Å². The van der Waals surface area contributed by atoms with Gasteiger partial charge < -0.3 is 10.2 Å². The summed E-state index contributed by atoms with van der Waals surface area (Å²) in [6, 6.07) is 16.3. The zero-order valence-corrected chi connectivity index (χ0v) is 17.3. The SMILES string of the molecule is O=C1CCC(N2Cc3ccc(CN4CCNC[C@@H]4c4ccccc4)cc3C2=O)C(=O)N1. The van der Waals surface area contributed by atoms with Gasteiger partial charge in [0.25, 0.3) is 5.91 Å². The first-order valence-electron chi connectivity index (χ1n) is 10.9. The molecule has 2 N–H and O–H groups in total. The van der Waals surface area contributed by atoms with Crippen molar-refractivity contribution in [1.82, 2.24) is 20.4 Å². The Balaban J connectivity index is 1.33. The largest absolute Gasteiger partial charge is 0.322 e. The lowest BCUT2D eigenvalue weighted by Gasteiger charge is -2.36. The number of rotatable bonds is 4. The van der Waals surface area contributed by atoms with Crippen molar-refractivity contribution in [3.8, 4) is 0 Å². The number of amides is 3. The number of hydrogen-bond donors (Lipinski definition) is 2. The number of benzene rings is 2. The van der Waals surface area contributed by atoms with Gasteiger partial charge in [0, 0.05) is 50.7 Å². The first kappa shape index (κ1) is 19.9. The van der Waals surface area contributed by atoms with Crippen LogP contribution in [0.3, 0.4) is 0 Å². The van der Waals surface area contributed by atoms with Gasteiger partial charge >= 0.3 is 0 Å². The Bertz CT molecular complexity index is 1020. The number of hydrogen-bond acceptors (Lipinski definition) is 5. The molecular formula is C24H26N4O3. The minimum atomic E-state index is -0.573. The molecule has 0 saturated carbocycles. The standard InChI is InChI=1S/C24H26N4O3/c29-22-9-8-20(23(30)26-22)28-15-18-7-6-16(12-19(18)24(28)31)14-27-11-10-25-13-21(27)17-4-2-1-3-5-17/h1-7,12,20-21,25H,8-11,13-15H2,(H,26,29,30)/t20?,21-/m1/s1. The molecular weight excluding hydrogens is 392 g/mol. The van der Waals surface area contributed by atoms with Crippen LogP contribution >= 0.6 is 0 Å². The number of carbonyl (C=O) groups is 3. The van der Waals surface area contributed by atoms with Crippen LogP contribution in [-0.4, -0.2) is 53.2 Å². The van der Waals surface area contributed by atoms with Crippen molar-refractivity contribution in [2.45, 2.75) is 38.0 Å². The monoisotopic (exact) mass is 418 g/mol. The van der Waals surface area contributed by atoms with Gasteiger partial charge in [-0.25, -0.2) is 0 Å². The van der Waals surface area contributed by atoms with E-state index in [4.69, 9.17) is 0 Å². The number of nitrogens with zero attached hydrogens (tertiary/aromatic N) is 2. The van der Waals surface area contributed by atoms with Crippen LogP contribution in [0.2, 0.25) is 0 Å². The van der Waals surface area contributed by atoms with E-state index in [1.165, 1.54) is 5.56 Å². The minimum Gasteiger partial charge on any atom is -0.322 e. The topological polar surface area (TPSA) is 81.8 Å². The third-order valence-corrected chi connectivity index (χ3v) is 6.52. The molecule has 5 rings (SSSR count). The van der Waals surface area contributed by atoms with Crippen LogP contribution in [0, 0.1) is 0 Å². The molecule has 2 fully saturated rings. The van der Waals surface area contributed by atoms with Crippen molar-refractivity contribution in [2.75, 3.05) is 19.6 Å². The van der Waals surface area contributed by atoms with Crippen molar-refractivity contribution in [3.05, 3.63) is 70.8 Å². The molecule has 0 aliphatic carbocycles. The third kappa shape index (κ3) is 3.86. The van der Waals surface area contributed by atoms with Crippen LogP contribution in [0.5, 0.6) is 0 Å². The van der Waals surface area contributed by atoms with E-state index in [1.807, 2.05) is 18.2 Å². The van der Waals surface area contributed by atoms with Crippen molar-refractivity contribution in [3.63, 3.8) is 0 Å². The van der Waals surface area contributed by atoms with Crippen molar-refractivity contribution in [2.24, 2.45) is 0 Å². The molecule has 31 heavy (non-hydrogen) atoms. The highest BCUT2D eigenvalue weighted by Gasteiger charge is 2.39. The molecule has 3 heterocycles. The number of piperazine rings is 1. The minimum absolute atomic E-state index is 0.119. The van der Waals surface area contributed by atoms with E-state index in [0.29, 0.717) is 24.6 Å². The van der Waals surface area contributed by atoms with Crippen molar-refractivity contribution >= 4 is 17.7 Å². The lowest BCUT2D eigenvalue weighted by atomic mass is 10.0. The number of carbonyl (C=O) groups excluding carboxylic acids is 3. The average molecular weight is 418 g/mol. The Morgan fingerprint density at radius 2 is 1.84 bits per heavy atom. The number of piperidine rings is 1. The quantitative estimate of drug-likeness (QED) is 0.737. The van der Waals surface area contributed by atoms with Crippen LogP contribution in [-0.2, 0) is 22.7 Å². The number of fused-ring (bicyclic) bond motifs is 1. The van der Waals surface area contributed by atoms with Crippen LogP contribution in [0.25, 0.3) is 0 Å². The Hall–Kier alpha value is -3.03. The molecule has 7 heteroatoms. The highest BCUT2D eigenvalue weighted by atomic mass is 16.2. The summed E-state index contributed by atoms with van der Waals surface area (Å²) in [6.45, 7) is 3.96. The molecule has 7 nitrogen and oxygen atoms in total. The lowest BCUT2D eigenvalue weighted by Crippen LogP contribution is -2.52. The first-order chi connectivity index (χ1) is 15.1. The summed E-state index contributed by atoms with van der Waals surface area (Å²) in [5, 5.41) is 5.84. The maximum absolute atomic E-state index is 13.1. The summed E-state index contributed by atoms with van der Waals surface area (Å²) in [7, 11) is 0. The predicted octanol–water partition coefficient (Wildman–Crippen LogP) is 1.59. The lowest BCUT2D eigenvalue weighted by molar-refractivity contribution is -0.136. The van der Waals surface area contributed by atoms with Gasteiger partial charge in [0.05, 0.1) is 0 Å². The van der Waals surface area contributed by atoms with Crippen LogP contribution in [0.1, 0.15) is 45.9 Å². The smallest absolute Gasteiger partial charge is 0.255 e. The summed E-state index contributed by atoms with van der Waals surface area (Å²) in [5.74, 6) is -0.757. The summed E-state index contributed by atoms with van der Waals surface area (Å²) in [5.41, 5.74) is 4.00. The van der Waals surface area contributed by atoms with E-state index in [2.05, 4.69) is 45.9 Å². The summed E-state index contributed by atoms with van der Waals surface area (Å²) in [6.07, 6.45) is 0.655. The normalized spacial score (nSPS) is 24.3. The van der Waals surface area contributed by atoms with Gasteiger partial charge in [0.2, 0.25) is 11.8 Å². The highest BCUT2D eigenvalue weighted by molar-refractivity contribution is 6.05. The second-order valence-corrected chi connectivity index (χ2v) is 8.49. The Labute approximate surface area is 181 Å². The third-order valence-electron chi connectivity index (χ3n) is 6.52. The first-order valence-corrected chi connectivity index (χ1v) is 10.9. The van der Waals surface area contributed by atoms with E-state index in [9.17, 15) is 14.4 Å². The molecule has 2 saturated heterocycles. The molecule has 160 valence electrons. The summed E-state index contributed by atoms with van der Waals surface area (Å²) >= 11 is 0. The fourth-order valence-electron chi connectivity index (χ4n) is 4.87. The number of nitrogens with one attached hydrogen (secondary N) is 2. The van der Waals surface area contributed by atoms with Gasteiger partial charge in [-0.15, -0.1) is 0 Å². The predicted molar refractivity (Wildman–Crippen MR) is 115 cm³/mol. The molecule has 2 aromatic carbocycles. The van der Waals surface area contributed by atoms with Gasteiger partial charge in [-0.1, -0.05) is 42.5 Å². The van der Waals surface area contributed by atoms with E-state index < -0.39 is 6.04 Å². The van der Waals surface area contributed by atoms with Crippen molar-refractivity contribution < 1.29 is 14.4 Å². The number of imide groups is 1. The molecule has 2 aromatic rings. The molecule has 2 atom stereocenters. The Morgan fingerprint density at radius 1 is 1.00 bits per heavy atom. The second-order valence-electron chi connectivity index (χ2n) is 8.49. The average Bonchev–Trinajstić information content (AvgIpc) is 3.11. The maximum atomic E-state index is 13.1. The summed E-state index contributed by atoms with van der Waals surface area (Å²) in [4.78, 5) is 40.8. The van der Waals surface area contributed by atoms with Crippen LogP contribution in [0.4, 0.5) is 0 Å². The van der Waals surface area contributed by atoms with Gasteiger partial charge in [-0.3, -0.25) is 24.6 Å². The molecule has 0 bridgehead atoms. The van der Waals surface area contributed by atoms with Gasteiger partial charge in [-0.2, -0.15) is 0 Å². The Morgan fingerprint density at radius 3 is 2.65 bits per heavy atom. The second kappa shape index (κ2) is 8.24. The van der Waals surface area contributed by atoms with Crippen molar-refractivity contribution in [1.29, 1.82) is 0 Å². The van der Waals surface area contributed by atoms with E-state index >= 15 is 0 Å². The van der Waals surface area contributed by atoms with E-state index in [1.54, 1.807) is 4.90 Å². The molecule has 3 aliphatic heterocycles. The van der Waals surface area contributed by atoms with Gasteiger partial charge in [-0.05, 0) is 29.2 Å². The fourth-order valence-corrected chi connectivity index (χ4v) is 4.87. The molecule has 0 spiro atoms. The van der Waals surface area contributed by atoms with Gasteiger partial charge in [0.1, 0.15) is 6.04 Å². The fraction of sp³-hybridized carbons (Fsp3) is 0.375. The molecule has 3 amide bonds. The van der Waals surface area contributed by atoms with E-state index in [-0.39, 0.29) is 24.1 Å². The highest BCUT2D eigenvalue weighted by Crippen LogP contribution is 2.30. The van der Waals surface area contributed by atoms with E-state index in [0.717, 1.165) is 37.3 Å². The zero-order chi connectivity index (χ0) is 21.4. The zero-order valence-electron chi connectivity index (χ0n) is 17.3. The Kier molecular flexibility index (Phi) is 5.29. The molecule has 1 unspecified atom stereocenters. The molecule has 0 radical (unpaired) electrons. The maximum Gasteiger partial charge on any atom is 0.255 e. The van der Waals surface area contributed by atoms with Crippen LogP contribution < -0.4 is 10.6 Å². The van der Waals surface area contributed by atoms with Gasteiger partial charge in [0.15, 0.2) is 0 Å². The molecule has 0 aromatic heterocycles. The molecule has 3 aliphatic rings.